The fourth-order valence-corrected chi connectivity index (χ4v) is 5.54. The lowest BCUT2D eigenvalue weighted by Gasteiger charge is -2.34. The van der Waals surface area contributed by atoms with Crippen molar-refractivity contribution >= 4 is 39.9 Å². The third-order valence-corrected chi connectivity index (χ3v) is 7.35. The van der Waals surface area contributed by atoms with E-state index in [2.05, 4.69) is 29.4 Å². The predicted octanol–water partition coefficient (Wildman–Crippen LogP) is 5.30. The molecule has 2 aromatic heterocycles. The summed E-state index contributed by atoms with van der Waals surface area (Å²) in [6.07, 6.45) is 5.07. The summed E-state index contributed by atoms with van der Waals surface area (Å²) < 4.78 is 28.2. The Bertz CT molecular complexity index is 1160. The van der Waals surface area contributed by atoms with Gasteiger partial charge in [-0.15, -0.1) is 0 Å². The molecule has 5 rings (SSSR count). The molecule has 0 amide bonds. The summed E-state index contributed by atoms with van der Waals surface area (Å²) in [5, 5.41) is 5.77. The van der Waals surface area contributed by atoms with Crippen molar-refractivity contribution in [2.24, 2.45) is 0 Å². The molecular formula is C23H24ClN2O5S+. The molecule has 0 fully saturated rings. The van der Waals surface area contributed by atoms with Gasteiger partial charge < -0.3 is 23.5 Å². The monoisotopic (exact) mass is 475 g/mol. The molecule has 0 N–H and O–H groups in total. The van der Waals surface area contributed by atoms with E-state index in [1.165, 1.54) is 10.4 Å². The molecule has 0 radical (unpaired) electrons. The second-order valence-electron chi connectivity index (χ2n) is 7.81. The van der Waals surface area contributed by atoms with Gasteiger partial charge in [0, 0.05) is 24.0 Å². The minimum absolute atomic E-state index is 0.275. The number of hydrogen-bond acceptors (Lipinski definition) is 7. The van der Waals surface area contributed by atoms with Crippen molar-refractivity contribution in [3.63, 3.8) is 0 Å². The van der Waals surface area contributed by atoms with Gasteiger partial charge in [0.05, 0.1) is 13.2 Å². The van der Waals surface area contributed by atoms with Crippen LogP contribution >= 0.6 is 22.9 Å². The maximum absolute atomic E-state index is 6.63. The minimum atomic E-state index is 0.275. The van der Waals surface area contributed by atoms with Crippen molar-refractivity contribution in [3.05, 3.63) is 57.1 Å². The third-order valence-electron chi connectivity index (χ3n) is 5.62. The lowest BCUT2D eigenvalue weighted by atomic mass is 10.1. The molecule has 2 aliphatic rings. The van der Waals surface area contributed by atoms with Crippen LogP contribution in [0.15, 0.2) is 34.9 Å². The zero-order chi connectivity index (χ0) is 22.1. The Kier molecular flexibility index (Phi) is 5.96. The molecule has 1 unspecified atom stereocenters. The summed E-state index contributed by atoms with van der Waals surface area (Å²) in [7, 11) is 1.66. The number of thiophene rings is 1. The molecule has 3 aromatic rings. The molecule has 168 valence electrons. The first-order valence-electron chi connectivity index (χ1n) is 10.3. The predicted molar refractivity (Wildman–Crippen MR) is 124 cm³/mol. The highest BCUT2D eigenvalue weighted by Crippen LogP contribution is 2.49. The fourth-order valence-electron chi connectivity index (χ4n) is 4.00. The number of rotatable bonds is 8. The zero-order valence-electron chi connectivity index (χ0n) is 17.9. The standard InChI is InChI=1S/C23H24ClN2O5S/c1-15-21(24)22(31-25-15)26(13-28-9-8-27-2)7-3-4-17-12-18(32-23(17)26)10-16-5-6-19-20(11-16)30-14-29-19/h3-6,11-12H,7-10,13-14H2,1-2H3/q+1. The van der Waals surface area contributed by atoms with Crippen LogP contribution in [0.5, 0.6) is 11.5 Å². The largest absolute Gasteiger partial charge is 0.454 e. The number of hydrogen-bond donors (Lipinski definition) is 0. The number of fused-ring (bicyclic) bond motifs is 2. The van der Waals surface area contributed by atoms with Gasteiger partial charge in [-0.2, -0.15) is 4.48 Å². The zero-order valence-corrected chi connectivity index (χ0v) is 19.5. The molecule has 0 aliphatic carbocycles. The van der Waals surface area contributed by atoms with Crippen LogP contribution in [0.3, 0.4) is 0 Å². The summed E-state index contributed by atoms with van der Waals surface area (Å²) in [5.74, 6) is 2.19. The van der Waals surface area contributed by atoms with Crippen molar-refractivity contribution in [1.29, 1.82) is 0 Å². The molecule has 7 nitrogen and oxygen atoms in total. The number of nitrogens with zero attached hydrogens (tertiary/aromatic N) is 2. The summed E-state index contributed by atoms with van der Waals surface area (Å²) in [4.78, 5) is 1.23. The Morgan fingerprint density at radius 2 is 2.06 bits per heavy atom. The van der Waals surface area contributed by atoms with Crippen LogP contribution in [-0.2, 0) is 15.9 Å². The average molecular weight is 476 g/mol. The second kappa shape index (κ2) is 8.88. The number of aromatic nitrogens is 1. The van der Waals surface area contributed by atoms with Crippen molar-refractivity contribution in [3.8, 4) is 11.5 Å². The van der Waals surface area contributed by atoms with E-state index >= 15 is 0 Å². The van der Waals surface area contributed by atoms with E-state index < -0.39 is 0 Å². The summed E-state index contributed by atoms with van der Waals surface area (Å²) in [6, 6.07) is 8.31. The van der Waals surface area contributed by atoms with Gasteiger partial charge in [0.2, 0.25) is 11.8 Å². The topological polar surface area (TPSA) is 63.0 Å². The molecule has 4 heterocycles. The Morgan fingerprint density at radius 3 is 2.88 bits per heavy atom. The summed E-state index contributed by atoms with van der Waals surface area (Å²) >= 11 is 8.37. The lowest BCUT2D eigenvalue weighted by Crippen LogP contribution is -2.47. The van der Waals surface area contributed by atoms with Crippen LogP contribution in [0.4, 0.5) is 10.9 Å². The molecule has 0 spiro atoms. The molecular weight excluding hydrogens is 452 g/mol. The number of ether oxygens (including phenoxy) is 4. The maximum Gasteiger partial charge on any atom is 0.349 e. The first kappa shape index (κ1) is 21.5. The third kappa shape index (κ3) is 3.82. The first-order chi connectivity index (χ1) is 15.6. The van der Waals surface area contributed by atoms with Crippen molar-refractivity contribution < 1.29 is 23.5 Å². The quantitative estimate of drug-likeness (QED) is 0.325. The Balaban J connectivity index is 1.49. The van der Waals surface area contributed by atoms with E-state index in [-0.39, 0.29) is 6.79 Å². The number of quaternary nitrogens is 1. The van der Waals surface area contributed by atoms with Gasteiger partial charge in [-0.25, -0.2) is 0 Å². The number of aryl methyl sites for hydroxylation is 1. The molecule has 0 saturated heterocycles. The number of methoxy groups -OCH3 is 1. The lowest BCUT2D eigenvalue weighted by molar-refractivity contribution is 0.0234. The van der Waals surface area contributed by atoms with Crippen LogP contribution in [0.25, 0.3) is 6.08 Å². The van der Waals surface area contributed by atoms with Crippen LogP contribution in [0, 0.1) is 6.92 Å². The van der Waals surface area contributed by atoms with Crippen molar-refractivity contribution in [2.75, 3.05) is 40.4 Å². The van der Waals surface area contributed by atoms with E-state index in [0.717, 1.165) is 28.5 Å². The minimum Gasteiger partial charge on any atom is -0.454 e. The first-order valence-corrected chi connectivity index (χ1v) is 11.5. The van der Waals surface area contributed by atoms with Gasteiger partial charge in [-0.1, -0.05) is 34.2 Å². The molecule has 0 saturated carbocycles. The molecule has 9 heteroatoms. The van der Waals surface area contributed by atoms with E-state index in [9.17, 15) is 0 Å². The van der Waals surface area contributed by atoms with Gasteiger partial charge >= 0.3 is 5.88 Å². The smallest absolute Gasteiger partial charge is 0.349 e. The van der Waals surface area contributed by atoms with Gasteiger partial charge in [-0.05, 0) is 42.8 Å². The summed E-state index contributed by atoms with van der Waals surface area (Å²) in [5.41, 5.74) is 2.97. The molecule has 0 bridgehead atoms. The van der Waals surface area contributed by atoms with Gasteiger partial charge in [0.25, 0.3) is 0 Å². The normalized spacial score (nSPS) is 18.8. The Hall–Kier alpha value is -2.36. The highest BCUT2D eigenvalue weighted by atomic mass is 35.5. The second-order valence-corrected chi connectivity index (χ2v) is 9.30. The summed E-state index contributed by atoms with van der Waals surface area (Å²) in [6.45, 7) is 4.16. The van der Waals surface area contributed by atoms with Crippen molar-refractivity contribution in [2.45, 2.75) is 13.3 Å². The van der Waals surface area contributed by atoms with Crippen LogP contribution < -0.4 is 14.0 Å². The van der Waals surface area contributed by atoms with Gasteiger partial charge in [0.15, 0.2) is 23.3 Å². The Morgan fingerprint density at radius 1 is 1.19 bits per heavy atom. The fraction of sp³-hybridized carbons (Fsp3) is 0.348. The molecule has 2 aliphatic heterocycles. The average Bonchev–Trinajstić information content (AvgIpc) is 3.51. The highest BCUT2D eigenvalue weighted by Gasteiger charge is 2.44. The number of benzene rings is 1. The highest BCUT2D eigenvalue weighted by molar-refractivity contribution is 7.16. The Labute approximate surface area is 195 Å². The number of halogens is 1. The van der Waals surface area contributed by atoms with Crippen LogP contribution in [0.1, 0.15) is 21.7 Å². The van der Waals surface area contributed by atoms with Crippen LogP contribution in [-0.4, -0.2) is 45.5 Å². The van der Waals surface area contributed by atoms with E-state index in [4.69, 9.17) is 35.1 Å². The van der Waals surface area contributed by atoms with Crippen molar-refractivity contribution in [1.82, 2.24) is 9.64 Å². The molecule has 32 heavy (non-hydrogen) atoms. The van der Waals surface area contributed by atoms with Crippen LogP contribution in [0.2, 0.25) is 5.02 Å². The maximum atomic E-state index is 6.63. The van der Waals surface area contributed by atoms with Gasteiger partial charge in [-0.3, -0.25) is 0 Å². The van der Waals surface area contributed by atoms with E-state index in [1.807, 2.05) is 19.1 Å². The van der Waals surface area contributed by atoms with Gasteiger partial charge in [0.1, 0.15) is 12.2 Å². The van der Waals surface area contributed by atoms with E-state index in [1.54, 1.807) is 18.4 Å². The van der Waals surface area contributed by atoms with E-state index in [0.29, 0.717) is 47.6 Å². The molecule has 1 atom stereocenters. The molecule has 1 aromatic carbocycles. The SMILES string of the molecule is COCCOC[N+]1(c2onc(C)c2Cl)CC=Cc2cc(Cc3ccc4c(c3)OCO4)sc21.